The van der Waals surface area contributed by atoms with Crippen LogP contribution in [0.25, 0.3) is 0 Å². The highest BCUT2D eigenvalue weighted by Crippen LogP contribution is 2.38. The van der Waals surface area contributed by atoms with Gasteiger partial charge >= 0.3 is 0 Å². The zero-order valence-corrected chi connectivity index (χ0v) is 13.7. The number of hydrogen-bond acceptors (Lipinski definition) is 4. The molecule has 0 radical (unpaired) electrons. The molecule has 1 fully saturated rings. The molecular formula is C13H15Cl2NO4S. The third-order valence-corrected chi connectivity index (χ3v) is 5.34. The van der Waals surface area contributed by atoms with Crippen molar-refractivity contribution in [1.29, 1.82) is 0 Å². The molecule has 21 heavy (non-hydrogen) atoms. The zero-order valence-electron chi connectivity index (χ0n) is 11.4. The van der Waals surface area contributed by atoms with E-state index in [4.69, 9.17) is 27.0 Å². The highest BCUT2D eigenvalue weighted by molar-refractivity contribution is 8.13. The first-order valence-electron chi connectivity index (χ1n) is 6.35. The molecule has 5 nitrogen and oxygen atoms in total. The molecular weight excluding hydrogens is 337 g/mol. The van der Waals surface area contributed by atoms with Crippen molar-refractivity contribution in [1.82, 2.24) is 0 Å². The van der Waals surface area contributed by atoms with E-state index < -0.39 is 9.05 Å². The number of anilines is 1. The molecule has 0 bridgehead atoms. The first-order chi connectivity index (χ1) is 9.76. The van der Waals surface area contributed by atoms with Crippen LogP contribution in [0.1, 0.15) is 25.7 Å². The van der Waals surface area contributed by atoms with Gasteiger partial charge in [0.2, 0.25) is 5.91 Å². The number of hydrogen-bond donors (Lipinski definition) is 1. The van der Waals surface area contributed by atoms with Crippen LogP contribution >= 0.6 is 22.3 Å². The molecule has 1 amide bonds. The van der Waals surface area contributed by atoms with Gasteiger partial charge in [0.05, 0.1) is 27.6 Å². The molecule has 0 aromatic heterocycles. The summed E-state index contributed by atoms with van der Waals surface area (Å²) in [5, 5.41) is 2.77. The monoisotopic (exact) mass is 351 g/mol. The molecule has 0 spiro atoms. The lowest BCUT2D eigenvalue weighted by Gasteiger charge is -2.39. The molecule has 2 rings (SSSR count). The summed E-state index contributed by atoms with van der Waals surface area (Å²) in [6, 6.07) is 3.91. The Hall–Kier alpha value is -0.820. The summed E-state index contributed by atoms with van der Waals surface area (Å²) >= 11 is 5.96. The van der Waals surface area contributed by atoms with Crippen LogP contribution in [0, 0.1) is 0 Å². The van der Waals surface area contributed by atoms with Crippen LogP contribution in [-0.2, 0) is 18.6 Å². The molecule has 1 aromatic rings. The number of rotatable bonds is 5. The Labute approximate surface area is 133 Å². The summed E-state index contributed by atoms with van der Waals surface area (Å²) in [7, 11) is 2.98. The number of amides is 1. The van der Waals surface area contributed by atoms with E-state index in [1.54, 1.807) is 7.11 Å². The van der Waals surface area contributed by atoms with Crippen molar-refractivity contribution < 1.29 is 17.9 Å². The number of carbonyl (C=O) groups excluding carboxylic acids is 1. The van der Waals surface area contributed by atoms with Gasteiger partial charge in [0.25, 0.3) is 9.05 Å². The number of nitrogens with one attached hydrogen (secondary N) is 1. The fourth-order valence-corrected chi connectivity index (χ4v) is 3.33. The normalized spacial score (nSPS) is 17.1. The Bertz CT molecular complexity index is 651. The standard InChI is InChI=1S/C13H15Cl2NO4S/c1-20-13(5-2-6-13)8-12(17)16-11-4-3-9(7-10(11)14)21(15,18)19/h3-4,7H,2,5-6,8H2,1H3,(H,16,17). The molecule has 8 heteroatoms. The second-order valence-corrected chi connectivity index (χ2v) is 8.02. The first-order valence-corrected chi connectivity index (χ1v) is 9.04. The summed E-state index contributed by atoms with van der Waals surface area (Å²) in [6.07, 6.45) is 3.00. The molecule has 0 unspecified atom stereocenters. The zero-order chi connectivity index (χ0) is 15.7. The largest absolute Gasteiger partial charge is 0.378 e. The van der Waals surface area contributed by atoms with Crippen molar-refractivity contribution in [3.63, 3.8) is 0 Å². The molecule has 0 atom stereocenters. The second-order valence-electron chi connectivity index (χ2n) is 5.05. The molecule has 1 N–H and O–H groups in total. The third-order valence-electron chi connectivity index (χ3n) is 3.68. The van der Waals surface area contributed by atoms with Crippen LogP contribution < -0.4 is 5.32 Å². The third kappa shape index (κ3) is 3.88. The highest BCUT2D eigenvalue weighted by atomic mass is 35.7. The lowest BCUT2D eigenvalue weighted by molar-refractivity contribution is -0.129. The van der Waals surface area contributed by atoms with Gasteiger partial charge in [-0.25, -0.2) is 8.42 Å². The number of ether oxygens (including phenoxy) is 1. The van der Waals surface area contributed by atoms with E-state index in [-0.39, 0.29) is 27.8 Å². The minimum Gasteiger partial charge on any atom is -0.378 e. The minimum atomic E-state index is -3.84. The quantitative estimate of drug-likeness (QED) is 0.827. The van der Waals surface area contributed by atoms with Crippen molar-refractivity contribution in [3.8, 4) is 0 Å². The fraction of sp³-hybridized carbons (Fsp3) is 0.462. The molecule has 116 valence electrons. The number of benzene rings is 1. The number of carbonyl (C=O) groups is 1. The smallest absolute Gasteiger partial charge is 0.261 e. The maximum absolute atomic E-state index is 12.0. The van der Waals surface area contributed by atoms with Crippen molar-refractivity contribution >= 4 is 42.9 Å². The van der Waals surface area contributed by atoms with Gasteiger partial charge in [0.15, 0.2) is 0 Å². The SMILES string of the molecule is COC1(CC(=O)Nc2ccc(S(=O)(=O)Cl)cc2Cl)CCC1. The lowest BCUT2D eigenvalue weighted by atomic mass is 9.77. The average molecular weight is 352 g/mol. The van der Waals surface area contributed by atoms with E-state index in [0.717, 1.165) is 19.3 Å². The Kier molecular flexibility index (Phi) is 4.82. The van der Waals surface area contributed by atoms with Gasteiger partial charge in [0.1, 0.15) is 0 Å². The van der Waals surface area contributed by atoms with Crippen molar-refractivity contribution in [3.05, 3.63) is 23.2 Å². The molecule has 0 aliphatic heterocycles. The Morgan fingerprint density at radius 2 is 2.10 bits per heavy atom. The summed E-state index contributed by atoms with van der Waals surface area (Å²) in [5.41, 5.74) is -0.0352. The van der Waals surface area contributed by atoms with Gasteiger partial charge in [-0.2, -0.15) is 0 Å². The van der Waals surface area contributed by atoms with E-state index in [9.17, 15) is 13.2 Å². The fourth-order valence-electron chi connectivity index (χ4n) is 2.26. The van der Waals surface area contributed by atoms with E-state index in [2.05, 4.69) is 5.32 Å². The first kappa shape index (κ1) is 16.5. The van der Waals surface area contributed by atoms with E-state index in [0.29, 0.717) is 5.69 Å². The van der Waals surface area contributed by atoms with E-state index in [1.807, 2.05) is 0 Å². The molecule has 1 aliphatic rings. The predicted octanol–water partition coefficient (Wildman–Crippen LogP) is 3.17. The molecule has 1 aliphatic carbocycles. The maximum Gasteiger partial charge on any atom is 0.261 e. The highest BCUT2D eigenvalue weighted by Gasteiger charge is 2.39. The maximum atomic E-state index is 12.0. The molecule has 0 heterocycles. The van der Waals surface area contributed by atoms with Crippen LogP contribution in [0.4, 0.5) is 5.69 Å². The van der Waals surface area contributed by atoms with Gasteiger partial charge in [-0.15, -0.1) is 0 Å². The van der Waals surface area contributed by atoms with Crippen LogP contribution in [-0.4, -0.2) is 27.0 Å². The Balaban J connectivity index is 2.08. The Morgan fingerprint density at radius 1 is 1.43 bits per heavy atom. The van der Waals surface area contributed by atoms with Gasteiger partial charge in [-0.3, -0.25) is 4.79 Å². The average Bonchev–Trinajstić information content (AvgIpc) is 2.35. The summed E-state index contributed by atoms with van der Waals surface area (Å²) < 4.78 is 27.8. The van der Waals surface area contributed by atoms with Crippen molar-refractivity contribution in [2.24, 2.45) is 0 Å². The Morgan fingerprint density at radius 3 is 2.52 bits per heavy atom. The van der Waals surface area contributed by atoms with E-state index >= 15 is 0 Å². The molecule has 1 aromatic carbocycles. The van der Waals surface area contributed by atoms with Crippen molar-refractivity contribution in [2.75, 3.05) is 12.4 Å². The minimum absolute atomic E-state index is 0.112. The number of halogens is 2. The van der Waals surface area contributed by atoms with Gasteiger partial charge in [0, 0.05) is 17.8 Å². The van der Waals surface area contributed by atoms with Gasteiger partial charge in [-0.1, -0.05) is 11.6 Å². The molecule has 0 saturated heterocycles. The topological polar surface area (TPSA) is 72.5 Å². The van der Waals surface area contributed by atoms with Crippen LogP contribution in [0.15, 0.2) is 23.1 Å². The summed E-state index contributed by atoms with van der Waals surface area (Å²) in [5.74, 6) is -0.222. The van der Waals surface area contributed by atoms with Crippen LogP contribution in [0.2, 0.25) is 5.02 Å². The van der Waals surface area contributed by atoms with Crippen molar-refractivity contribution in [2.45, 2.75) is 36.2 Å². The summed E-state index contributed by atoms with van der Waals surface area (Å²) in [6.45, 7) is 0. The van der Waals surface area contributed by atoms with Crippen LogP contribution in [0.5, 0.6) is 0 Å². The predicted molar refractivity (Wildman–Crippen MR) is 81.3 cm³/mol. The van der Waals surface area contributed by atoms with Crippen LogP contribution in [0.3, 0.4) is 0 Å². The van der Waals surface area contributed by atoms with E-state index in [1.165, 1.54) is 18.2 Å². The van der Waals surface area contributed by atoms with Gasteiger partial charge in [-0.05, 0) is 37.5 Å². The number of methoxy groups -OCH3 is 1. The second kappa shape index (κ2) is 6.12. The molecule has 1 saturated carbocycles. The lowest BCUT2D eigenvalue weighted by Crippen LogP contribution is -2.42. The van der Waals surface area contributed by atoms with Gasteiger partial charge < -0.3 is 10.1 Å². The summed E-state index contributed by atoms with van der Waals surface area (Å²) in [4.78, 5) is 11.9.